The van der Waals surface area contributed by atoms with Gasteiger partial charge in [-0.1, -0.05) is 11.3 Å². The summed E-state index contributed by atoms with van der Waals surface area (Å²) in [6, 6.07) is 4.40. The maximum atomic E-state index is 14.0. The van der Waals surface area contributed by atoms with Gasteiger partial charge >= 0.3 is 0 Å². The zero-order chi connectivity index (χ0) is 19.4. The fourth-order valence-electron chi connectivity index (χ4n) is 2.27. The van der Waals surface area contributed by atoms with Gasteiger partial charge in [-0.05, 0) is 23.8 Å². The van der Waals surface area contributed by atoms with E-state index in [4.69, 9.17) is 10.5 Å². The van der Waals surface area contributed by atoms with Crippen molar-refractivity contribution in [1.29, 1.82) is 0 Å². The highest BCUT2D eigenvalue weighted by molar-refractivity contribution is 7.18. The van der Waals surface area contributed by atoms with E-state index in [-0.39, 0.29) is 35.4 Å². The normalized spacial score (nSPS) is 12.0. The summed E-state index contributed by atoms with van der Waals surface area (Å²) < 4.78 is 44.9. The highest BCUT2D eigenvalue weighted by atomic mass is 32.1. The fourth-order valence-corrected chi connectivity index (χ4v) is 3.03. The van der Waals surface area contributed by atoms with Gasteiger partial charge in [-0.25, -0.2) is 33.1 Å². The zero-order valence-electron chi connectivity index (χ0n) is 14.1. The second-order valence-corrected chi connectivity index (χ2v) is 6.33. The molecule has 0 aliphatic heterocycles. The molecule has 3 rings (SSSR count). The minimum absolute atomic E-state index is 0.0198. The van der Waals surface area contributed by atoms with Crippen molar-refractivity contribution in [3.8, 4) is 0 Å². The van der Waals surface area contributed by atoms with Gasteiger partial charge in [0.2, 0.25) is 0 Å². The van der Waals surface area contributed by atoms with E-state index in [2.05, 4.69) is 25.3 Å². The van der Waals surface area contributed by atoms with Gasteiger partial charge in [-0.3, -0.25) is 0 Å². The maximum absolute atomic E-state index is 14.0. The molecule has 0 bridgehead atoms. The first-order valence-corrected chi connectivity index (χ1v) is 8.59. The van der Waals surface area contributed by atoms with Gasteiger partial charge in [0.15, 0.2) is 10.8 Å². The Morgan fingerprint density at radius 1 is 1.37 bits per heavy atom. The van der Waals surface area contributed by atoms with E-state index in [9.17, 15) is 13.2 Å². The zero-order valence-corrected chi connectivity index (χ0v) is 14.9. The number of nitrogens with one attached hydrogen (secondary N) is 1. The number of rotatable bonds is 6. The molecule has 0 spiro atoms. The molecule has 0 aliphatic carbocycles. The second kappa shape index (κ2) is 8.16. The molecule has 2 aromatic heterocycles. The van der Waals surface area contributed by atoms with Crippen LogP contribution in [0.1, 0.15) is 17.0 Å². The molecule has 0 aliphatic rings. The van der Waals surface area contributed by atoms with Gasteiger partial charge in [0.25, 0.3) is 12.4 Å². The van der Waals surface area contributed by atoms with Crippen LogP contribution in [0.4, 0.5) is 24.7 Å². The summed E-state index contributed by atoms with van der Waals surface area (Å²) in [5, 5.41) is 2.64. The molecular formula is C16H15F3N6OS. The Balaban J connectivity index is 1.81. The Bertz CT molecular complexity index is 978. The minimum atomic E-state index is -2.69. The summed E-state index contributed by atoms with van der Waals surface area (Å²) in [5.41, 5.74) is 6.58. The molecule has 0 amide bonds. The number of nitrogens with zero attached hydrogens (tertiary/aromatic N) is 4. The van der Waals surface area contributed by atoms with Gasteiger partial charge < -0.3 is 15.8 Å². The van der Waals surface area contributed by atoms with Crippen LogP contribution in [0.25, 0.3) is 10.3 Å². The smallest absolute Gasteiger partial charge is 0.289 e. The Morgan fingerprint density at radius 2 is 2.19 bits per heavy atom. The van der Waals surface area contributed by atoms with Crippen molar-refractivity contribution in [1.82, 2.24) is 15.0 Å². The van der Waals surface area contributed by atoms with Crippen molar-refractivity contribution in [2.24, 2.45) is 10.7 Å². The minimum Gasteiger partial charge on any atom is -0.465 e. The summed E-state index contributed by atoms with van der Waals surface area (Å²) in [4.78, 5) is 15.9. The molecule has 0 unspecified atom stereocenters. The standard InChI is InChI=1S/C16H15F3N6OS/c1-21-16(20)26-5-4-8-6-9(2-3-10(8)17)24-13-11-14(23-7-22-13)27-15(25-11)12(18)19/h2-3,6-7,12H,4-5H2,1H3,(H2,20,21)(H,22,23,24). The van der Waals surface area contributed by atoms with E-state index in [1.54, 1.807) is 6.07 Å². The predicted octanol–water partition coefficient (Wildman–Crippen LogP) is 3.41. The number of anilines is 2. The molecule has 0 radical (unpaired) electrons. The van der Waals surface area contributed by atoms with Gasteiger partial charge in [0.1, 0.15) is 22.5 Å². The van der Waals surface area contributed by atoms with Gasteiger partial charge in [-0.2, -0.15) is 0 Å². The number of ether oxygens (including phenoxy) is 1. The molecule has 3 N–H and O–H groups in total. The number of nitrogens with two attached hydrogens (primary N) is 1. The summed E-state index contributed by atoms with van der Waals surface area (Å²) in [6.45, 7) is 0.158. The first-order valence-electron chi connectivity index (χ1n) is 7.78. The quantitative estimate of drug-likeness (QED) is 0.489. The number of amidine groups is 1. The van der Waals surface area contributed by atoms with Crippen LogP contribution in [0, 0.1) is 5.82 Å². The average Bonchev–Trinajstić information content (AvgIpc) is 3.10. The number of fused-ring (bicyclic) bond motifs is 1. The van der Waals surface area contributed by atoms with Crippen molar-refractivity contribution in [2.45, 2.75) is 12.8 Å². The molecule has 2 heterocycles. The number of thiazole rings is 1. The Morgan fingerprint density at radius 3 is 2.93 bits per heavy atom. The van der Waals surface area contributed by atoms with E-state index >= 15 is 0 Å². The number of hydrogen-bond donors (Lipinski definition) is 2. The average molecular weight is 396 g/mol. The lowest BCUT2D eigenvalue weighted by molar-refractivity contribution is 0.151. The Labute approximate surface area is 156 Å². The summed E-state index contributed by atoms with van der Waals surface area (Å²) >= 11 is 0.800. The monoisotopic (exact) mass is 396 g/mol. The molecular weight excluding hydrogens is 381 g/mol. The third-order valence-electron chi connectivity index (χ3n) is 3.55. The van der Waals surface area contributed by atoms with Gasteiger partial charge in [-0.15, -0.1) is 0 Å². The van der Waals surface area contributed by atoms with Crippen molar-refractivity contribution < 1.29 is 17.9 Å². The Kier molecular flexibility index (Phi) is 5.69. The van der Waals surface area contributed by atoms with E-state index < -0.39 is 12.2 Å². The highest BCUT2D eigenvalue weighted by Crippen LogP contribution is 2.31. The van der Waals surface area contributed by atoms with Crippen molar-refractivity contribution in [2.75, 3.05) is 19.0 Å². The molecule has 0 fully saturated rings. The van der Waals surface area contributed by atoms with Crippen LogP contribution in [0.3, 0.4) is 0 Å². The molecule has 3 aromatic rings. The third-order valence-corrected chi connectivity index (χ3v) is 4.52. The lowest BCUT2D eigenvalue weighted by Crippen LogP contribution is -2.17. The van der Waals surface area contributed by atoms with E-state index in [0.717, 1.165) is 11.3 Å². The topological polar surface area (TPSA) is 98.3 Å². The molecule has 7 nitrogen and oxygen atoms in total. The number of halogens is 3. The summed E-state index contributed by atoms with van der Waals surface area (Å²) in [5.74, 6) is -0.142. The van der Waals surface area contributed by atoms with Crippen molar-refractivity contribution in [3.63, 3.8) is 0 Å². The molecule has 11 heteroatoms. The molecule has 0 saturated heterocycles. The number of hydrogen-bond acceptors (Lipinski definition) is 7. The van der Waals surface area contributed by atoms with Crippen LogP contribution in [0.5, 0.6) is 0 Å². The first kappa shape index (κ1) is 18.8. The molecule has 27 heavy (non-hydrogen) atoms. The molecule has 0 saturated carbocycles. The van der Waals surface area contributed by atoms with Crippen LogP contribution in [0.15, 0.2) is 29.5 Å². The number of aromatic nitrogens is 3. The van der Waals surface area contributed by atoms with E-state index in [1.807, 2.05) is 0 Å². The van der Waals surface area contributed by atoms with Crippen LogP contribution < -0.4 is 11.1 Å². The lowest BCUT2D eigenvalue weighted by Gasteiger charge is -2.10. The SMILES string of the molecule is CN=C(N)OCCc1cc(Nc2ncnc3sc(C(F)F)nc23)ccc1F. The Hall–Kier alpha value is -2.95. The van der Waals surface area contributed by atoms with Gasteiger partial charge in [0.05, 0.1) is 6.61 Å². The fraction of sp³-hybridized carbons (Fsp3) is 0.250. The highest BCUT2D eigenvalue weighted by Gasteiger charge is 2.17. The molecule has 1 aromatic carbocycles. The second-order valence-electron chi connectivity index (χ2n) is 5.32. The molecule has 0 atom stereocenters. The van der Waals surface area contributed by atoms with Crippen molar-refractivity contribution in [3.05, 3.63) is 40.9 Å². The van der Waals surface area contributed by atoms with Gasteiger partial charge in [0, 0.05) is 19.2 Å². The van der Waals surface area contributed by atoms with Crippen LogP contribution in [-0.4, -0.2) is 34.6 Å². The third kappa shape index (κ3) is 4.42. The molecule has 142 valence electrons. The number of aliphatic imine (C=N–C) groups is 1. The van der Waals surface area contributed by atoms with Crippen LogP contribution in [-0.2, 0) is 11.2 Å². The largest absolute Gasteiger partial charge is 0.465 e. The first-order chi connectivity index (χ1) is 13.0. The van der Waals surface area contributed by atoms with E-state index in [1.165, 1.54) is 25.5 Å². The maximum Gasteiger partial charge on any atom is 0.289 e. The summed E-state index contributed by atoms with van der Waals surface area (Å²) in [7, 11) is 1.49. The number of benzene rings is 1. The summed E-state index contributed by atoms with van der Waals surface area (Å²) in [6.07, 6.45) is -1.17. The van der Waals surface area contributed by atoms with Crippen LogP contribution >= 0.6 is 11.3 Å². The van der Waals surface area contributed by atoms with Crippen LogP contribution in [0.2, 0.25) is 0 Å². The lowest BCUT2D eigenvalue weighted by atomic mass is 10.1. The van der Waals surface area contributed by atoms with Crippen molar-refractivity contribution >= 4 is 39.2 Å². The van der Waals surface area contributed by atoms with E-state index in [0.29, 0.717) is 16.1 Å². The predicted molar refractivity (Wildman–Crippen MR) is 97.1 cm³/mol. The number of alkyl halides is 2.